The van der Waals surface area contributed by atoms with Gasteiger partial charge in [-0.1, -0.05) is 23.7 Å². The Morgan fingerprint density at radius 2 is 1.82 bits per heavy atom. The molecule has 0 fully saturated rings. The summed E-state index contributed by atoms with van der Waals surface area (Å²) in [5.74, 6) is 0.772. The standard InChI is InChI=1S/C29H29BrClNO7/c1-5-38-26(33)15-25-29(34)32(16-17-9-11-19(35-2)14-24(17)36-3)23-12-10-18(31)13-21(23)27(39-25)20-7-6-8-22(30)28(20)37-4/h6-14,25,27H,5,15-16H2,1-4H3/t25-,27-/m1/s1. The van der Waals surface area contributed by atoms with Crippen LogP contribution in [0, 0.1) is 0 Å². The van der Waals surface area contributed by atoms with Gasteiger partial charge in [0.15, 0.2) is 0 Å². The largest absolute Gasteiger partial charge is 0.497 e. The highest BCUT2D eigenvalue weighted by Gasteiger charge is 2.39. The number of fused-ring (bicyclic) bond motifs is 1. The van der Waals surface area contributed by atoms with Crippen LogP contribution in [0.15, 0.2) is 59.1 Å². The molecule has 1 aliphatic heterocycles. The lowest BCUT2D eigenvalue weighted by Crippen LogP contribution is -2.40. The van der Waals surface area contributed by atoms with E-state index >= 15 is 0 Å². The third kappa shape index (κ3) is 6.16. The van der Waals surface area contributed by atoms with E-state index < -0.39 is 24.1 Å². The smallest absolute Gasteiger partial charge is 0.308 e. The number of carbonyl (C=O) groups excluding carboxylic acids is 2. The van der Waals surface area contributed by atoms with E-state index in [0.717, 1.165) is 5.56 Å². The predicted octanol–water partition coefficient (Wildman–Crippen LogP) is 6.10. The quantitative estimate of drug-likeness (QED) is 0.268. The second-order valence-electron chi connectivity index (χ2n) is 8.68. The van der Waals surface area contributed by atoms with Gasteiger partial charge in [0.05, 0.1) is 51.1 Å². The van der Waals surface area contributed by atoms with Gasteiger partial charge in [0.1, 0.15) is 29.5 Å². The molecule has 0 saturated heterocycles. The number of halogens is 2. The van der Waals surface area contributed by atoms with Crippen molar-refractivity contribution in [2.45, 2.75) is 32.1 Å². The number of para-hydroxylation sites is 1. The Morgan fingerprint density at radius 1 is 1.03 bits per heavy atom. The molecule has 0 N–H and O–H groups in total. The summed E-state index contributed by atoms with van der Waals surface area (Å²) in [6.45, 7) is 2.04. The molecule has 0 aromatic heterocycles. The molecule has 1 amide bonds. The molecular weight excluding hydrogens is 590 g/mol. The molecule has 0 saturated carbocycles. The molecule has 0 aliphatic carbocycles. The Hall–Kier alpha value is -3.27. The van der Waals surface area contributed by atoms with Crippen LogP contribution >= 0.6 is 27.5 Å². The second kappa shape index (κ2) is 12.7. The number of hydrogen-bond donors (Lipinski definition) is 0. The van der Waals surface area contributed by atoms with Crippen LogP contribution in [0.5, 0.6) is 17.2 Å². The number of anilines is 1. The van der Waals surface area contributed by atoms with Crippen LogP contribution in [-0.4, -0.2) is 45.9 Å². The predicted molar refractivity (Wildman–Crippen MR) is 151 cm³/mol. The molecule has 1 heterocycles. The average Bonchev–Trinajstić information content (AvgIpc) is 3.03. The Morgan fingerprint density at radius 3 is 2.51 bits per heavy atom. The van der Waals surface area contributed by atoms with Crippen molar-refractivity contribution in [3.63, 3.8) is 0 Å². The topological polar surface area (TPSA) is 83.5 Å². The van der Waals surface area contributed by atoms with Crippen LogP contribution in [0.2, 0.25) is 5.02 Å². The van der Waals surface area contributed by atoms with Crippen molar-refractivity contribution >= 4 is 45.1 Å². The molecule has 1 aliphatic rings. The fourth-order valence-corrected chi connectivity index (χ4v) is 5.30. The van der Waals surface area contributed by atoms with Gasteiger partial charge in [0.2, 0.25) is 0 Å². The molecule has 39 heavy (non-hydrogen) atoms. The zero-order valence-corrected chi connectivity index (χ0v) is 24.4. The van der Waals surface area contributed by atoms with E-state index in [4.69, 9.17) is 35.3 Å². The van der Waals surface area contributed by atoms with Crippen LogP contribution in [0.3, 0.4) is 0 Å². The maximum Gasteiger partial charge on any atom is 0.308 e. The van der Waals surface area contributed by atoms with Gasteiger partial charge in [-0.3, -0.25) is 9.59 Å². The van der Waals surface area contributed by atoms with Crippen LogP contribution < -0.4 is 19.1 Å². The first-order chi connectivity index (χ1) is 18.8. The maximum atomic E-state index is 14.1. The SMILES string of the molecule is CCOC(=O)C[C@H]1O[C@H](c2cccc(Br)c2OC)c2cc(Cl)ccc2N(Cc2ccc(OC)cc2OC)C1=O. The minimum absolute atomic E-state index is 0.145. The summed E-state index contributed by atoms with van der Waals surface area (Å²) >= 11 is 10.0. The van der Waals surface area contributed by atoms with Gasteiger partial charge in [-0.05, 0) is 59.3 Å². The van der Waals surface area contributed by atoms with Crippen molar-refractivity contribution < 1.29 is 33.3 Å². The lowest BCUT2D eigenvalue weighted by atomic mass is 9.98. The number of esters is 1. The van der Waals surface area contributed by atoms with Crippen molar-refractivity contribution in [1.82, 2.24) is 0 Å². The third-order valence-corrected chi connectivity index (χ3v) is 7.23. The van der Waals surface area contributed by atoms with Crippen molar-refractivity contribution in [2.24, 2.45) is 0 Å². The molecule has 3 aromatic carbocycles. The van der Waals surface area contributed by atoms with Crippen molar-refractivity contribution in [3.8, 4) is 17.2 Å². The highest BCUT2D eigenvalue weighted by atomic mass is 79.9. The van der Waals surface area contributed by atoms with Crippen LogP contribution in [-0.2, 0) is 25.6 Å². The summed E-state index contributed by atoms with van der Waals surface area (Å²) in [4.78, 5) is 28.3. The Bertz CT molecular complexity index is 1370. The van der Waals surface area contributed by atoms with E-state index in [1.54, 1.807) is 63.5 Å². The Labute approximate surface area is 240 Å². The average molecular weight is 619 g/mol. The Balaban J connectivity index is 1.89. The first-order valence-electron chi connectivity index (χ1n) is 12.3. The second-order valence-corrected chi connectivity index (χ2v) is 9.97. The van der Waals surface area contributed by atoms with Gasteiger partial charge in [-0.15, -0.1) is 0 Å². The number of benzene rings is 3. The third-order valence-electron chi connectivity index (χ3n) is 6.37. The summed E-state index contributed by atoms with van der Waals surface area (Å²) in [7, 11) is 4.68. The lowest BCUT2D eigenvalue weighted by molar-refractivity contribution is -0.151. The van der Waals surface area contributed by atoms with Crippen LogP contribution in [0.25, 0.3) is 0 Å². The van der Waals surface area contributed by atoms with Gasteiger partial charge in [-0.2, -0.15) is 0 Å². The highest BCUT2D eigenvalue weighted by molar-refractivity contribution is 9.10. The molecule has 0 bridgehead atoms. The van der Waals surface area contributed by atoms with E-state index in [2.05, 4.69) is 15.9 Å². The molecule has 2 atom stereocenters. The van der Waals surface area contributed by atoms with E-state index in [-0.39, 0.29) is 19.6 Å². The number of nitrogens with zero attached hydrogens (tertiary/aromatic N) is 1. The zero-order valence-electron chi connectivity index (χ0n) is 22.0. The Kier molecular flexibility index (Phi) is 9.37. The monoisotopic (exact) mass is 617 g/mol. The number of amides is 1. The molecule has 0 radical (unpaired) electrons. The summed E-state index contributed by atoms with van der Waals surface area (Å²) in [5.41, 5.74) is 2.63. The van der Waals surface area contributed by atoms with Crippen molar-refractivity contribution in [1.29, 1.82) is 0 Å². The van der Waals surface area contributed by atoms with Gasteiger partial charge >= 0.3 is 5.97 Å². The van der Waals surface area contributed by atoms with Gasteiger partial charge in [-0.25, -0.2) is 0 Å². The van der Waals surface area contributed by atoms with E-state index in [1.165, 1.54) is 0 Å². The normalized spacial score (nSPS) is 16.8. The molecule has 8 nitrogen and oxygen atoms in total. The van der Waals surface area contributed by atoms with Gasteiger partial charge < -0.3 is 28.6 Å². The van der Waals surface area contributed by atoms with E-state index in [1.807, 2.05) is 24.3 Å². The molecule has 3 aromatic rings. The van der Waals surface area contributed by atoms with Crippen LogP contribution in [0.4, 0.5) is 5.69 Å². The number of rotatable bonds is 9. The summed E-state index contributed by atoms with van der Waals surface area (Å²) in [6, 6.07) is 16.2. The van der Waals surface area contributed by atoms with Gasteiger partial charge in [0.25, 0.3) is 5.91 Å². The fraction of sp³-hybridized carbons (Fsp3) is 0.310. The number of carbonyl (C=O) groups is 2. The van der Waals surface area contributed by atoms with E-state index in [0.29, 0.717) is 43.6 Å². The molecule has 206 valence electrons. The fourth-order valence-electron chi connectivity index (χ4n) is 4.58. The lowest BCUT2D eigenvalue weighted by Gasteiger charge is -2.26. The zero-order chi connectivity index (χ0) is 28.1. The molecule has 0 spiro atoms. The summed E-state index contributed by atoms with van der Waals surface area (Å²) in [6.07, 6.45) is -2.19. The van der Waals surface area contributed by atoms with E-state index in [9.17, 15) is 9.59 Å². The summed E-state index contributed by atoms with van der Waals surface area (Å²) in [5, 5.41) is 0.467. The van der Waals surface area contributed by atoms with Gasteiger partial charge in [0, 0.05) is 27.8 Å². The first kappa shape index (κ1) is 28.7. The van der Waals surface area contributed by atoms with Crippen molar-refractivity contribution in [2.75, 3.05) is 32.8 Å². The molecule has 0 unspecified atom stereocenters. The maximum absolute atomic E-state index is 14.1. The van der Waals surface area contributed by atoms with Crippen LogP contribution in [0.1, 0.15) is 36.1 Å². The van der Waals surface area contributed by atoms with Crippen molar-refractivity contribution in [3.05, 3.63) is 80.8 Å². The molecule has 4 rings (SSSR count). The molecule has 10 heteroatoms. The number of methoxy groups -OCH3 is 3. The number of ether oxygens (including phenoxy) is 5. The summed E-state index contributed by atoms with van der Waals surface area (Å²) < 4.78 is 29.0. The first-order valence-corrected chi connectivity index (χ1v) is 13.4. The molecular formula is C29H29BrClNO7. The number of hydrogen-bond acceptors (Lipinski definition) is 7. The minimum Gasteiger partial charge on any atom is -0.497 e. The highest BCUT2D eigenvalue weighted by Crippen LogP contribution is 2.45. The minimum atomic E-state index is -1.15.